The molecule has 0 radical (unpaired) electrons. The molecule has 1 N–H and O–H groups in total. The molecule has 1 amide bonds. The zero-order valence-electron chi connectivity index (χ0n) is 10.3. The van der Waals surface area contributed by atoms with Gasteiger partial charge in [-0.3, -0.25) is 9.69 Å². The van der Waals surface area contributed by atoms with E-state index in [2.05, 4.69) is 16.1 Å². The van der Waals surface area contributed by atoms with Gasteiger partial charge in [0.05, 0.1) is 6.04 Å². The lowest BCUT2D eigenvalue weighted by Gasteiger charge is -2.32. The lowest BCUT2D eigenvalue weighted by molar-refractivity contribution is -0.136. The number of carbonyl (C=O) groups is 1. The summed E-state index contributed by atoms with van der Waals surface area (Å²) >= 11 is 0. The summed E-state index contributed by atoms with van der Waals surface area (Å²) < 4.78 is 0. The molecule has 2 aliphatic heterocycles. The van der Waals surface area contributed by atoms with Crippen LogP contribution < -0.4 is 5.32 Å². The molecule has 17 heavy (non-hydrogen) atoms. The van der Waals surface area contributed by atoms with Crippen LogP contribution in [0.1, 0.15) is 19.3 Å². The summed E-state index contributed by atoms with van der Waals surface area (Å²) in [5.41, 5.74) is 0. The minimum absolute atomic E-state index is 0.0847. The van der Waals surface area contributed by atoms with E-state index in [-0.39, 0.29) is 6.04 Å². The van der Waals surface area contributed by atoms with Crippen LogP contribution in [0.2, 0.25) is 0 Å². The molecule has 0 saturated carbocycles. The maximum atomic E-state index is 12.4. The fourth-order valence-corrected chi connectivity index (χ4v) is 2.68. The molecule has 94 valence electrons. The second kappa shape index (κ2) is 6.04. The molecule has 4 heteroatoms. The number of nitrogens with zero attached hydrogens (tertiary/aromatic N) is 2. The molecule has 4 nitrogen and oxygen atoms in total. The fourth-order valence-electron chi connectivity index (χ4n) is 2.68. The van der Waals surface area contributed by atoms with Gasteiger partial charge in [-0.25, -0.2) is 0 Å². The summed E-state index contributed by atoms with van der Waals surface area (Å²) in [6, 6.07) is 0.0847. The summed E-state index contributed by atoms with van der Waals surface area (Å²) in [6.07, 6.45) is 8.14. The minimum atomic E-state index is 0.0847. The third-order valence-electron chi connectivity index (χ3n) is 3.62. The zero-order chi connectivity index (χ0) is 12.1. The van der Waals surface area contributed by atoms with Crippen molar-refractivity contribution in [2.75, 3.05) is 39.3 Å². The first-order valence-corrected chi connectivity index (χ1v) is 6.50. The van der Waals surface area contributed by atoms with Gasteiger partial charge < -0.3 is 10.2 Å². The molecular formula is C13H21N3O. The van der Waals surface area contributed by atoms with Gasteiger partial charge in [-0.2, -0.15) is 0 Å². The Morgan fingerprint density at radius 1 is 1.35 bits per heavy atom. The van der Waals surface area contributed by atoms with Crippen LogP contribution in [0.25, 0.3) is 0 Å². The molecule has 1 atom stereocenters. The van der Waals surface area contributed by atoms with Gasteiger partial charge in [0.1, 0.15) is 0 Å². The lowest BCUT2D eigenvalue weighted by atomic mass is 10.1. The van der Waals surface area contributed by atoms with Crippen molar-refractivity contribution in [1.29, 1.82) is 0 Å². The molecule has 0 aromatic carbocycles. The Balaban J connectivity index is 1.90. The summed E-state index contributed by atoms with van der Waals surface area (Å²) in [6.45, 7) is 5.41. The normalized spacial score (nSPS) is 25.8. The number of hydrogen-bond acceptors (Lipinski definition) is 3. The molecule has 0 spiro atoms. The summed E-state index contributed by atoms with van der Waals surface area (Å²) in [4.78, 5) is 16.6. The fraction of sp³-hybridized carbons (Fsp3) is 0.769. The van der Waals surface area contributed by atoms with Crippen LogP contribution in [-0.4, -0.2) is 61.0 Å². The van der Waals surface area contributed by atoms with Crippen molar-refractivity contribution in [3.63, 3.8) is 0 Å². The first-order chi connectivity index (χ1) is 8.33. The molecule has 0 aliphatic carbocycles. The van der Waals surface area contributed by atoms with E-state index >= 15 is 0 Å². The van der Waals surface area contributed by atoms with E-state index in [0.717, 1.165) is 58.5 Å². The highest BCUT2D eigenvalue weighted by atomic mass is 16.2. The van der Waals surface area contributed by atoms with E-state index in [9.17, 15) is 4.79 Å². The summed E-state index contributed by atoms with van der Waals surface area (Å²) in [5.74, 6) is 2.96. The van der Waals surface area contributed by atoms with Crippen LogP contribution in [0.4, 0.5) is 0 Å². The van der Waals surface area contributed by atoms with Gasteiger partial charge in [-0.15, -0.1) is 12.3 Å². The SMILES string of the molecule is C#CCCN1CCCC1C(=O)N1CCNCC1. The molecule has 2 fully saturated rings. The molecular weight excluding hydrogens is 214 g/mol. The quantitative estimate of drug-likeness (QED) is 0.694. The van der Waals surface area contributed by atoms with Crippen molar-refractivity contribution in [1.82, 2.24) is 15.1 Å². The molecule has 2 heterocycles. The van der Waals surface area contributed by atoms with Crippen molar-refractivity contribution in [3.05, 3.63) is 0 Å². The third kappa shape index (κ3) is 2.99. The van der Waals surface area contributed by atoms with Crippen LogP contribution in [0.15, 0.2) is 0 Å². The number of rotatable bonds is 3. The van der Waals surface area contributed by atoms with Gasteiger partial charge >= 0.3 is 0 Å². The van der Waals surface area contributed by atoms with Crippen LogP contribution in [-0.2, 0) is 4.79 Å². The van der Waals surface area contributed by atoms with Crippen molar-refractivity contribution in [2.24, 2.45) is 0 Å². The second-order valence-electron chi connectivity index (χ2n) is 4.72. The van der Waals surface area contributed by atoms with E-state index in [1.54, 1.807) is 0 Å². The predicted octanol–water partition coefficient (Wildman–Crippen LogP) is -0.0941. The molecule has 0 aromatic rings. The first-order valence-electron chi connectivity index (χ1n) is 6.50. The largest absolute Gasteiger partial charge is 0.339 e. The van der Waals surface area contributed by atoms with Crippen molar-refractivity contribution >= 4 is 5.91 Å². The molecule has 2 rings (SSSR count). The average molecular weight is 235 g/mol. The Morgan fingerprint density at radius 2 is 2.12 bits per heavy atom. The highest BCUT2D eigenvalue weighted by Gasteiger charge is 2.33. The van der Waals surface area contributed by atoms with Crippen LogP contribution >= 0.6 is 0 Å². The van der Waals surface area contributed by atoms with E-state index in [1.807, 2.05) is 4.90 Å². The van der Waals surface area contributed by atoms with Crippen molar-refractivity contribution in [3.8, 4) is 12.3 Å². The number of carbonyl (C=O) groups excluding carboxylic acids is 1. The third-order valence-corrected chi connectivity index (χ3v) is 3.62. The second-order valence-corrected chi connectivity index (χ2v) is 4.72. The maximum Gasteiger partial charge on any atom is 0.240 e. The van der Waals surface area contributed by atoms with E-state index < -0.39 is 0 Å². The smallest absolute Gasteiger partial charge is 0.240 e. The topological polar surface area (TPSA) is 35.6 Å². The van der Waals surface area contributed by atoms with E-state index in [4.69, 9.17) is 6.42 Å². The average Bonchev–Trinajstić information content (AvgIpc) is 2.84. The molecule has 0 aromatic heterocycles. The van der Waals surface area contributed by atoms with Crippen LogP contribution in [0.5, 0.6) is 0 Å². The van der Waals surface area contributed by atoms with Gasteiger partial charge in [-0.1, -0.05) is 0 Å². The van der Waals surface area contributed by atoms with Crippen LogP contribution in [0.3, 0.4) is 0 Å². The van der Waals surface area contributed by atoms with Gasteiger partial charge in [0.15, 0.2) is 0 Å². The van der Waals surface area contributed by atoms with Gasteiger partial charge in [0.25, 0.3) is 0 Å². The first kappa shape index (κ1) is 12.4. The van der Waals surface area contributed by atoms with Gasteiger partial charge in [0.2, 0.25) is 5.91 Å². The maximum absolute atomic E-state index is 12.4. The van der Waals surface area contributed by atoms with Crippen molar-refractivity contribution in [2.45, 2.75) is 25.3 Å². The summed E-state index contributed by atoms with van der Waals surface area (Å²) in [7, 11) is 0. The Hall–Kier alpha value is -1.05. The number of amides is 1. The Bertz CT molecular complexity index is 304. The lowest BCUT2D eigenvalue weighted by Crippen LogP contribution is -2.52. The number of piperazine rings is 1. The monoisotopic (exact) mass is 235 g/mol. The number of likely N-dealkylation sites (tertiary alicyclic amines) is 1. The van der Waals surface area contributed by atoms with Crippen LogP contribution in [0, 0.1) is 12.3 Å². The molecule has 2 saturated heterocycles. The number of hydrogen-bond donors (Lipinski definition) is 1. The zero-order valence-corrected chi connectivity index (χ0v) is 10.3. The minimum Gasteiger partial charge on any atom is -0.339 e. The van der Waals surface area contributed by atoms with Crippen molar-refractivity contribution < 1.29 is 4.79 Å². The Labute approximate surface area is 103 Å². The summed E-state index contributed by atoms with van der Waals surface area (Å²) in [5, 5.41) is 3.27. The number of terminal acetylenes is 1. The van der Waals surface area contributed by atoms with E-state index in [0.29, 0.717) is 5.91 Å². The highest BCUT2D eigenvalue weighted by Crippen LogP contribution is 2.19. The molecule has 0 bridgehead atoms. The molecule has 1 unspecified atom stereocenters. The van der Waals surface area contributed by atoms with Gasteiger partial charge in [-0.05, 0) is 19.4 Å². The Morgan fingerprint density at radius 3 is 2.82 bits per heavy atom. The van der Waals surface area contributed by atoms with E-state index in [1.165, 1.54) is 0 Å². The molecule has 2 aliphatic rings. The predicted molar refractivity (Wildman–Crippen MR) is 67.5 cm³/mol. The van der Waals surface area contributed by atoms with Gasteiger partial charge in [0, 0.05) is 39.1 Å². The highest BCUT2D eigenvalue weighted by molar-refractivity contribution is 5.82. The number of nitrogens with one attached hydrogen (secondary N) is 1. The standard InChI is InChI=1S/C13H21N3O/c1-2-3-8-15-9-4-5-12(15)13(17)16-10-6-14-7-11-16/h1,12,14H,3-11H2. The Kier molecular flexibility index (Phi) is 4.41.